The number of Topliss-reactive ketones (excluding diaryl/α,β-unsaturated/α-hetero) is 1. The molecule has 1 atom stereocenters. The smallest absolute Gasteiger partial charge is 0.158 e. The van der Waals surface area contributed by atoms with E-state index in [1.807, 2.05) is 6.92 Å². The average Bonchev–Trinajstić information content (AvgIpc) is 2.18. The molecule has 2 nitrogen and oxygen atoms in total. The molecule has 0 saturated carbocycles. The van der Waals surface area contributed by atoms with Gasteiger partial charge in [0, 0.05) is 12.5 Å². The molecule has 2 N–H and O–H groups in total. The summed E-state index contributed by atoms with van der Waals surface area (Å²) in [7, 11) is 0. The highest BCUT2D eigenvalue weighted by Crippen LogP contribution is 2.19. The third-order valence-electron chi connectivity index (χ3n) is 2.71. The Bertz CT molecular complexity index is 218. The van der Waals surface area contributed by atoms with Gasteiger partial charge in [-0.25, -0.2) is 0 Å². The Morgan fingerprint density at radius 2 is 2.36 bits per heavy atom. The van der Waals surface area contributed by atoms with Crippen LogP contribution in [0.4, 0.5) is 0 Å². The highest BCUT2D eigenvalue weighted by atomic mass is 16.1. The second-order valence-corrected chi connectivity index (χ2v) is 4.27. The Morgan fingerprint density at radius 1 is 1.57 bits per heavy atom. The lowest BCUT2D eigenvalue weighted by Gasteiger charge is -2.11. The van der Waals surface area contributed by atoms with Gasteiger partial charge in [0.05, 0.1) is 0 Å². The minimum atomic E-state index is 0.225. The largest absolute Gasteiger partial charge is 0.328 e. The summed E-state index contributed by atoms with van der Waals surface area (Å²) in [5.74, 6) is 0.352. The zero-order chi connectivity index (χ0) is 10.4. The summed E-state index contributed by atoms with van der Waals surface area (Å²) in [5, 5.41) is 0. The van der Waals surface area contributed by atoms with Gasteiger partial charge in [0.15, 0.2) is 5.78 Å². The molecule has 0 aromatic rings. The molecule has 14 heavy (non-hydrogen) atoms. The van der Waals surface area contributed by atoms with Gasteiger partial charge >= 0.3 is 0 Å². The van der Waals surface area contributed by atoms with E-state index in [1.54, 1.807) is 0 Å². The van der Waals surface area contributed by atoms with Crippen LogP contribution in [0.3, 0.4) is 0 Å². The van der Waals surface area contributed by atoms with Gasteiger partial charge in [-0.15, -0.1) is 0 Å². The highest BCUT2D eigenvalue weighted by molar-refractivity contribution is 5.95. The van der Waals surface area contributed by atoms with Crippen molar-refractivity contribution in [3.05, 3.63) is 11.6 Å². The van der Waals surface area contributed by atoms with Crippen molar-refractivity contribution in [1.29, 1.82) is 0 Å². The summed E-state index contributed by atoms with van der Waals surface area (Å²) >= 11 is 0. The molecule has 0 bridgehead atoms. The number of carbonyl (C=O) groups excluding carboxylic acids is 1. The molecule has 0 amide bonds. The lowest BCUT2D eigenvalue weighted by Crippen LogP contribution is -2.15. The van der Waals surface area contributed by atoms with Crippen LogP contribution in [0.1, 0.15) is 51.9 Å². The number of allylic oxidation sites excluding steroid dienone is 2. The number of hydrogen-bond acceptors (Lipinski definition) is 2. The molecular formula is C12H21NO. The molecule has 2 heteroatoms. The van der Waals surface area contributed by atoms with Crippen LogP contribution in [0.5, 0.6) is 0 Å². The molecule has 0 aromatic carbocycles. The van der Waals surface area contributed by atoms with Crippen LogP contribution in [0.25, 0.3) is 0 Å². The molecule has 0 heterocycles. The van der Waals surface area contributed by atoms with Crippen molar-refractivity contribution in [1.82, 2.24) is 0 Å². The molecule has 80 valence electrons. The number of ketones is 1. The first-order valence-corrected chi connectivity index (χ1v) is 5.68. The van der Waals surface area contributed by atoms with E-state index in [1.165, 1.54) is 12.8 Å². The fraction of sp³-hybridized carbons (Fsp3) is 0.750. The van der Waals surface area contributed by atoms with Crippen molar-refractivity contribution in [2.75, 3.05) is 0 Å². The lowest BCUT2D eigenvalue weighted by atomic mass is 9.94. The van der Waals surface area contributed by atoms with E-state index in [-0.39, 0.29) is 6.04 Å². The monoisotopic (exact) mass is 195 g/mol. The predicted octanol–water partition coefficient (Wildman–Crippen LogP) is 2.57. The van der Waals surface area contributed by atoms with Gasteiger partial charge in [0.2, 0.25) is 0 Å². The van der Waals surface area contributed by atoms with Crippen molar-refractivity contribution in [2.45, 2.75) is 57.9 Å². The Balaban J connectivity index is 2.24. The molecule has 1 aliphatic rings. The van der Waals surface area contributed by atoms with Gasteiger partial charge in [0.25, 0.3) is 0 Å². The third-order valence-corrected chi connectivity index (χ3v) is 2.71. The zero-order valence-electron chi connectivity index (χ0n) is 9.09. The molecule has 0 aromatic heterocycles. The first-order chi connectivity index (χ1) is 6.70. The third kappa shape index (κ3) is 4.05. The summed E-state index contributed by atoms with van der Waals surface area (Å²) in [6, 6.07) is 0.225. The zero-order valence-corrected chi connectivity index (χ0v) is 9.09. The molecule has 1 rings (SSSR count). The SMILES string of the molecule is CC(N)CCCC(=O)C1=CCCCC1. The summed E-state index contributed by atoms with van der Waals surface area (Å²) < 4.78 is 0. The van der Waals surface area contributed by atoms with Crippen molar-refractivity contribution in [2.24, 2.45) is 5.73 Å². The first-order valence-electron chi connectivity index (χ1n) is 5.68. The Kier molecular flexibility index (Phi) is 4.88. The minimum absolute atomic E-state index is 0.225. The van der Waals surface area contributed by atoms with Crippen LogP contribution in [0.2, 0.25) is 0 Å². The topological polar surface area (TPSA) is 43.1 Å². The summed E-state index contributed by atoms with van der Waals surface area (Å²) in [6.45, 7) is 1.99. The maximum Gasteiger partial charge on any atom is 0.158 e. The first kappa shape index (κ1) is 11.4. The predicted molar refractivity (Wildman–Crippen MR) is 59.1 cm³/mol. The molecule has 0 fully saturated rings. The number of carbonyl (C=O) groups is 1. The van der Waals surface area contributed by atoms with Crippen LogP contribution in [0.15, 0.2) is 11.6 Å². The van der Waals surface area contributed by atoms with Crippen LogP contribution < -0.4 is 5.73 Å². The molecule has 0 aliphatic heterocycles. The van der Waals surface area contributed by atoms with E-state index >= 15 is 0 Å². The van der Waals surface area contributed by atoms with Gasteiger partial charge in [0.1, 0.15) is 0 Å². The van der Waals surface area contributed by atoms with E-state index in [4.69, 9.17) is 5.73 Å². The molecular weight excluding hydrogens is 174 g/mol. The number of hydrogen-bond donors (Lipinski definition) is 1. The van der Waals surface area contributed by atoms with E-state index in [0.29, 0.717) is 12.2 Å². The Hall–Kier alpha value is -0.630. The van der Waals surface area contributed by atoms with Crippen LogP contribution in [-0.4, -0.2) is 11.8 Å². The molecule has 0 radical (unpaired) electrons. The fourth-order valence-corrected chi connectivity index (χ4v) is 1.84. The molecule has 1 aliphatic carbocycles. The second kappa shape index (κ2) is 5.97. The average molecular weight is 195 g/mol. The fourth-order valence-electron chi connectivity index (χ4n) is 1.84. The van der Waals surface area contributed by atoms with Gasteiger partial charge in [-0.05, 0) is 51.0 Å². The summed E-state index contributed by atoms with van der Waals surface area (Å²) in [5.41, 5.74) is 6.70. The normalized spacial score (nSPS) is 18.9. The van der Waals surface area contributed by atoms with Crippen molar-refractivity contribution < 1.29 is 4.79 Å². The Morgan fingerprint density at radius 3 is 2.93 bits per heavy atom. The minimum Gasteiger partial charge on any atom is -0.328 e. The second-order valence-electron chi connectivity index (χ2n) is 4.27. The molecule has 0 spiro atoms. The number of nitrogens with two attached hydrogens (primary N) is 1. The van der Waals surface area contributed by atoms with Crippen LogP contribution >= 0.6 is 0 Å². The maximum absolute atomic E-state index is 11.7. The van der Waals surface area contributed by atoms with E-state index in [0.717, 1.165) is 31.3 Å². The summed E-state index contributed by atoms with van der Waals surface area (Å²) in [4.78, 5) is 11.7. The van der Waals surface area contributed by atoms with Crippen LogP contribution in [-0.2, 0) is 4.79 Å². The van der Waals surface area contributed by atoms with Crippen LogP contribution in [0, 0.1) is 0 Å². The molecule has 1 unspecified atom stereocenters. The van der Waals surface area contributed by atoms with Gasteiger partial charge in [-0.3, -0.25) is 4.79 Å². The quantitative estimate of drug-likeness (QED) is 0.732. The highest BCUT2D eigenvalue weighted by Gasteiger charge is 2.11. The standard InChI is InChI=1S/C12H21NO/c1-10(13)6-5-9-12(14)11-7-3-2-4-8-11/h7,10H,2-6,8-9,13H2,1H3. The van der Waals surface area contributed by atoms with Crippen molar-refractivity contribution >= 4 is 5.78 Å². The maximum atomic E-state index is 11.7. The van der Waals surface area contributed by atoms with Crippen molar-refractivity contribution in [3.8, 4) is 0 Å². The van der Waals surface area contributed by atoms with Gasteiger partial charge < -0.3 is 5.73 Å². The molecule has 0 saturated heterocycles. The summed E-state index contributed by atoms with van der Waals surface area (Å²) in [6.07, 6.45) is 9.23. The lowest BCUT2D eigenvalue weighted by molar-refractivity contribution is -0.115. The van der Waals surface area contributed by atoms with Crippen molar-refractivity contribution in [3.63, 3.8) is 0 Å². The van der Waals surface area contributed by atoms with E-state index in [2.05, 4.69) is 6.08 Å². The van der Waals surface area contributed by atoms with Gasteiger partial charge in [-0.1, -0.05) is 6.08 Å². The Labute approximate surface area is 86.6 Å². The van der Waals surface area contributed by atoms with E-state index < -0.39 is 0 Å². The van der Waals surface area contributed by atoms with E-state index in [9.17, 15) is 4.79 Å². The van der Waals surface area contributed by atoms with Gasteiger partial charge in [-0.2, -0.15) is 0 Å². The number of rotatable bonds is 5.